The van der Waals surface area contributed by atoms with Crippen LogP contribution in [0.5, 0.6) is 11.5 Å². The fourth-order valence-corrected chi connectivity index (χ4v) is 5.88. The van der Waals surface area contributed by atoms with E-state index in [-0.39, 0.29) is 0 Å². The second kappa shape index (κ2) is 7.98. The van der Waals surface area contributed by atoms with Gasteiger partial charge in [0.25, 0.3) is 0 Å². The second-order valence-electron chi connectivity index (χ2n) is 8.66. The van der Waals surface area contributed by atoms with Crippen LogP contribution in [0.2, 0.25) is 0 Å². The maximum Gasteiger partial charge on any atom is 0.161 e. The van der Waals surface area contributed by atoms with E-state index in [9.17, 15) is 0 Å². The number of nitrogens with zero attached hydrogens (tertiary/aromatic N) is 1. The molecule has 0 spiro atoms. The number of hydrogen-bond donors (Lipinski definition) is 1. The average molecular weight is 489 g/mol. The molecule has 0 radical (unpaired) electrons. The standard InChI is InChI=1S/C27H25BrN2O2/c1-31-25-14-19-18(12-26(25)32-16-17-6-3-2-4-7-17)10-11-30-15-23-20(13-24(19)30)27-21(28)8-5-9-22(27)29-23/h2-9,12,14,24,29H,10-11,13,15-16H2,1H3. The zero-order valence-corrected chi connectivity index (χ0v) is 19.6. The lowest BCUT2D eigenvalue weighted by atomic mass is 9.85. The Morgan fingerprint density at radius 2 is 1.94 bits per heavy atom. The number of H-pyrrole nitrogens is 1. The Labute approximate surface area is 196 Å². The van der Waals surface area contributed by atoms with Crippen LogP contribution < -0.4 is 9.47 Å². The summed E-state index contributed by atoms with van der Waals surface area (Å²) in [6.07, 6.45) is 2.02. The normalized spacial score (nSPS) is 17.5. The summed E-state index contributed by atoms with van der Waals surface area (Å²) in [5, 5.41) is 1.32. The van der Waals surface area contributed by atoms with Gasteiger partial charge >= 0.3 is 0 Å². The van der Waals surface area contributed by atoms with E-state index >= 15 is 0 Å². The Kier molecular flexibility index (Phi) is 4.96. The molecule has 3 heterocycles. The van der Waals surface area contributed by atoms with Crippen molar-refractivity contribution in [1.29, 1.82) is 0 Å². The van der Waals surface area contributed by atoms with Gasteiger partial charge in [0.15, 0.2) is 11.5 Å². The Morgan fingerprint density at radius 3 is 2.78 bits per heavy atom. The smallest absolute Gasteiger partial charge is 0.161 e. The SMILES string of the molecule is COc1cc2c(cc1OCc1ccccc1)CCN1Cc3[nH]c4cccc(Br)c4c3CC21. The molecular weight excluding hydrogens is 464 g/mol. The van der Waals surface area contributed by atoms with E-state index in [0.717, 1.165) is 43.0 Å². The Hall–Kier alpha value is -2.76. The maximum absolute atomic E-state index is 6.18. The fraction of sp³-hybridized carbons (Fsp3) is 0.259. The third-order valence-corrected chi connectivity index (χ3v) is 7.52. The van der Waals surface area contributed by atoms with Crippen LogP contribution in [0, 0.1) is 0 Å². The molecule has 0 saturated carbocycles. The van der Waals surface area contributed by atoms with Crippen molar-refractivity contribution in [3.05, 3.63) is 93.1 Å². The molecule has 3 aromatic carbocycles. The van der Waals surface area contributed by atoms with Crippen LogP contribution >= 0.6 is 15.9 Å². The number of nitrogens with one attached hydrogen (secondary N) is 1. The van der Waals surface area contributed by atoms with Crippen molar-refractivity contribution in [3.8, 4) is 11.5 Å². The first-order valence-corrected chi connectivity index (χ1v) is 11.9. The molecule has 2 aliphatic heterocycles. The van der Waals surface area contributed by atoms with Crippen LogP contribution in [-0.4, -0.2) is 23.5 Å². The summed E-state index contributed by atoms with van der Waals surface area (Å²) in [6.45, 7) is 2.55. The molecule has 0 saturated heterocycles. The fourth-order valence-electron chi connectivity index (χ4n) is 5.28. The van der Waals surface area contributed by atoms with Crippen LogP contribution in [0.4, 0.5) is 0 Å². The number of ether oxygens (including phenoxy) is 2. The van der Waals surface area contributed by atoms with Gasteiger partial charge in [-0.25, -0.2) is 0 Å². The van der Waals surface area contributed by atoms with Crippen LogP contribution in [0.1, 0.15) is 34.0 Å². The van der Waals surface area contributed by atoms with Gasteiger partial charge in [0.2, 0.25) is 0 Å². The molecule has 162 valence electrons. The molecule has 1 N–H and O–H groups in total. The van der Waals surface area contributed by atoms with Gasteiger partial charge in [-0.05, 0) is 59.4 Å². The minimum absolute atomic E-state index is 0.356. The lowest BCUT2D eigenvalue weighted by Gasteiger charge is -2.40. The van der Waals surface area contributed by atoms with Crippen molar-refractivity contribution in [1.82, 2.24) is 9.88 Å². The van der Waals surface area contributed by atoms with Crippen LogP contribution in [0.25, 0.3) is 10.9 Å². The van der Waals surface area contributed by atoms with Crippen LogP contribution in [0.3, 0.4) is 0 Å². The zero-order valence-electron chi connectivity index (χ0n) is 18.0. The minimum Gasteiger partial charge on any atom is -0.493 e. The van der Waals surface area contributed by atoms with Crippen molar-refractivity contribution < 1.29 is 9.47 Å². The molecule has 0 fully saturated rings. The zero-order chi connectivity index (χ0) is 21.7. The van der Waals surface area contributed by atoms with Gasteiger partial charge in [0.05, 0.1) is 7.11 Å². The molecule has 4 aromatic rings. The number of halogens is 1. The van der Waals surface area contributed by atoms with E-state index in [1.165, 1.54) is 37.8 Å². The molecule has 32 heavy (non-hydrogen) atoms. The maximum atomic E-state index is 6.18. The molecule has 0 bridgehead atoms. The topological polar surface area (TPSA) is 37.5 Å². The molecule has 5 heteroatoms. The average Bonchev–Trinajstić information content (AvgIpc) is 3.20. The lowest BCUT2D eigenvalue weighted by Crippen LogP contribution is -2.39. The van der Waals surface area contributed by atoms with Crippen LogP contribution in [0.15, 0.2) is 65.1 Å². The number of aromatic nitrogens is 1. The molecule has 6 rings (SSSR count). The number of fused-ring (bicyclic) bond motifs is 6. The Bertz CT molecular complexity index is 1300. The Balaban J connectivity index is 1.35. The summed E-state index contributed by atoms with van der Waals surface area (Å²) in [6, 6.07) is 21.4. The number of rotatable bonds is 4. The third kappa shape index (κ3) is 3.31. The first kappa shape index (κ1) is 19.9. The number of hydrogen-bond acceptors (Lipinski definition) is 3. The van der Waals surface area contributed by atoms with Crippen molar-refractivity contribution in [2.24, 2.45) is 0 Å². The van der Waals surface area contributed by atoms with Gasteiger partial charge in [-0.3, -0.25) is 4.90 Å². The van der Waals surface area contributed by atoms with E-state index in [4.69, 9.17) is 9.47 Å². The molecular formula is C27H25BrN2O2. The number of methoxy groups -OCH3 is 1. The highest BCUT2D eigenvalue weighted by molar-refractivity contribution is 9.10. The largest absolute Gasteiger partial charge is 0.493 e. The van der Waals surface area contributed by atoms with Crippen molar-refractivity contribution in [3.63, 3.8) is 0 Å². The summed E-state index contributed by atoms with van der Waals surface area (Å²) >= 11 is 3.77. The van der Waals surface area contributed by atoms with Gasteiger partial charge in [-0.15, -0.1) is 0 Å². The number of aromatic amines is 1. The molecule has 0 aliphatic carbocycles. The molecule has 4 nitrogen and oxygen atoms in total. The molecule has 1 aromatic heterocycles. The van der Waals surface area contributed by atoms with Crippen LogP contribution in [-0.2, 0) is 26.0 Å². The minimum atomic E-state index is 0.356. The summed E-state index contributed by atoms with van der Waals surface area (Å²) in [5.41, 5.74) is 7.89. The quantitative estimate of drug-likeness (QED) is 0.373. The van der Waals surface area contributed by atoms with E-state index in [1.807, 2.05) is 18.2 Å². The summed E-state index contributed by atoms with van der Waals surface area (Å²) in [5.74, 6) is 1.64. The monoisotopic (exact) mass is 488 g/mol. The predicted octanol–water partition coefficient (Wildman–Crippen LogP) is 6.17. The second-order valence-corrected chi connectivity index (χ2v) is 9.52. The van der Waals surface area contributed by atoms with E-state index < -0.39 is 0 Å². The summed E-state index contributed by atoms with van der Waals surface area (Å²) in [7, 11) is 1.73. The summed E-state index contributed by atoms with van der Waals surface area (Å²) < 4.78 is 13.1. The third-order valence-electron chi connectivity index (χ3n) is 6.85. The summed E-state index contributed by atoms with van der Waals surface area (Å²) in [4.78, 5) is 6.26. The first-order valence-electron chi connectivity index (χ1n) is 11.1. The van der Waals surface area contributed by atoms with Gasteiger partial charge in [0.1, 0.15) is 6.61 Å². The molecule has 1 unspecified atom stereocenters. The van der Waals surface area contributed by atoms with Gasteiger partial charge in [0, 0.05) is 40.2 Å². The molecule has 2 aliphatic rings. The lowest BCUT2D eigenvalue weighted by molar-refractivity contribution is 0.158. The number of benzene rings is 3. The first-order chi connectivity index (χ1) is 15.7. The highest BCUT2D eigenvalue weighted by atomic mass is 79.9. The van der Waals surface area contributed by atoms with Crippen molar-refractivity contribution >= 4 is 26.8 Å². The molecule has 1 atom stereocenters. The Morgan fingerprint density at radius 1 is 1.06 bits per heavy atom. The molecule has 0 amide bonds. The van der Waals surface area contributed by atoms with Gasteiger partial charge in [-0.1, -0.05) is 52.3 Å². The van der Waals surface area contributed by atoms with E-state index in [0.29, 0.717) is 12.6 Å². The van der Waals surface area contributed by atoms with E-state index in [2.05, 4.69) is 68.3 Å². The van der Waals surface area contributed by atoms with Crippen molar-refractivity contribution in [2.75, 3.05) is 13.7 Å². The van der Waals surface area contributed by atoms with Gasteiger partial charge < -0.3 is 14.5 Å². The highest BCUT2D eigenvalue weighted by Gasteiger charge is 2.35. The van der Waals surface area contributed by atoms with Crippen molar-refractivity contribution in [2.45, 2.75) is 32.0 Å². The predicted molar refractivity (Wildman–Crippen MR) is 130 cm³/mol. The van der Waals surface area contributed by atoms with Gasteiger partial charge in [-0.2, -0.15) is 0 Å². The van der Waals surface area contributed by atoms with E-state index in [1.54, 1.807) is 7.11 Å². The highest BCUT2D eigenvalue weighted by Crippen LogP contribution is 2.44.